The predicted octanol–water partition coefficient (Wildman–Crippen LogP) is 7.48. The summed E-state index contributed by atoms with van der Waals surface area (Å²) in [4.78, 5) is 15.2. The molecule has 0 aromatic heterocycles. The minimum absolute atomic E-state index is 0.0359. The van der Waals surface area contributed by atoms with E-state index in [9.17, 15) is 9.90 Å². The monoisotopic (exact) mass is 585 g/mol. The van der Waals surface area contributed by atoms with Crippen molar-refractivity contribution in [1.29, 1.82) is 0 Å². The van der Waals surface area contributed by atoms with Crippen LogP contribution in [0, 0.1) is 17.8 Å². The number of aliphatic hydroxyl groups is 1. The molecule has 2 aromatic carbocycles. The highest BCUT2D eigenvalue weighted by Gasteiger charge is 2.42. The lowest BCUT2D eigenvalue weighted by Gasteiger charge is -2.43. The standard InChI is InChI=1S/C34H55NO5Si/c1-24(21-25(2)33(37)35(8)27(4)31(36)29-15-13-12-14-16-29)32(40-41(10,11)34(5,6)7)26(3)22-39-23-28-17-19-30(38-9)20-18-28/h12-20,24-27,31-32,36H,21-23H2,1-11H3/t24-,25-,26-,27+,31-,32+/m0/s1. The van der Waals surface area contributed by atoms with E-state index in [0.29, 0.717) is 19.6 Å². The topological polar surface area (TPSA) is 68.2 Å². The minimum Gasteiger partial charge on any atom is -0.497 e. The Morgan fingerprint density at radius 1 is 0.951 bits per heavy atom. The molecule has 0 heterocycles. The third kappa shape index (κ3) is 9.95. The fraction of sp³-hybridized carbons (Fsp3) is 0.618. The molecule has 0 aliphatic carbocycles. The number of rotatable bonds is 15. The van der Waals surface area contributed by atoms with Crippen molar-refractivity contribution in [2.75, 3.05) is 20.8 Å². The van der Waals surface area contributed by atoms with E-state index in [1.165, 1.54) is 0 Å². The summed E-state index contributed by atoms with van der Waals surface area (Å²) < 4.78 is 18.4. The first-order valence-corrected chi connectivity index (χ1v) is 17.9. The number of carbonyl (C=O) groups is 1. The lowest BCUT2D eigenvalue weighted by molar-refractivity contribution is -0.138. The van der Waals surface area contributed by atoms with Crippen molar-refractivity contribution < 1.29 is 23.8 Å². The van der Waals surface area contributed by atoms with Crippen molar-refractivity contribution in [1.82, 2.24) is 4.90 Å². The number of hydrogen-bond donors (Lipinski definition) is 1. The molecule has 0 bridgehead atoms. The molecule has 6 atom stereocenters. The fourth-order valence-corrected chi connectivity index (χ4v) is 6.47. The highest BCUT2D eigenvalue weighted by molar-refractivity contribution is 6.74. The molecule has 0 spiro atoms. The maximum Gasteiger partial charge on any atom is 0.225 e. The lowest BCUT2D eigenvalue weighted by atomic mass is 9.86. The summed E-state index contributed by atoms with van der Waals surface area (Å²) in [5.74, 6) is 0.950. The van der Waals surface area contributed by atoms with Crippen molar-refractivity contribution in [3.05, 3.63) is 65.7 Å². The van der Waals surface area contributed by atoms with Crippen molar-refractivity contribution in [3.63, 3.8) is 0 Å². The average molecular weight is 586 g/mol. The highest BCUT2D eigenvalue weighted by Crippen LogP contribution is 2.40. The third-order valence-corrected chi connectivity index (χ3v) is 13.3. The van der Waals surface area contributed by atoms with Crippen LogP contribution in [0.15, 0.2) is 54.6 Å². The second-order valence-electron chi connectivity index (χ2n) is 13.3. The Morgan fingerprint density at radius 3 is 2.07 bits per heavy atom. The van der Waals surface area contributed by atoms with Crippen molar-refractivity contribution in [2.24, 2.45) is 17.8 Å². The van der Waals surface area contributed by atoms with Gasteiger partial charge in [-0.3, -0.25) is 4.79 Å². The van der Waals surface area contributed by atoms with E-state index in [1.54, 1.807) is 19.1 Å². The Hall–Kier alpha value is -2.19. The van der Waals surface area contributed by atoms with Crippen LogP contribution in [0.4, 0.5) is 0 Å². The van der Waals surface area contributed by atoms with Crippen molar-refractivity contribution >= 4 is 14.2 Å². The first kappa shape index (κ1) is 35.0. The van der Waals surface area contributed by atoms with Gasteiger partial charge in [0.1, 0.15) is 5.75 Å². The van der Waals surface area contributed by atoms with E-state index >= 15 is 0 Å². The number of carbonyl (C=O) groups excluding carboxylic acids is 1. The summed E-state index contributed by atoms with van der Waals surface area (Å²) in [5.41, 5.74) is 1.91. The molecule has 6 nitrogen and oxygen atoms in total. The summed E-state index contributed by atoms with van der Waals surface area (Å²) >= 11 is 0. The molecule has 0 radical (unpaired) electrons. The van der Waals surface area contributed by atoms with Gasteiger partial charge in [0, 0.05) is 18.9 Å². The number of aliphatic hydroxyl groups excluding tert-OH is 1. The average Bonchev–Trinajstić information content (AvgIpc) is 2.94. The molecule has 2 rings (SSSR count). The zero-order chi connectivity index (χ0) is 31.0. The molecule has 1 amide bonds. The molecular weight excluding hydrogens is 530 g/mol. The van der Waals surface area contributed by atoms with Gasteiger partial charge in [-0.25, -0.2) is 0 Å². The molecule has 230 valence electrons. The number of nitrogens with zero attached hydrogens (tertiary/aromatic N) is 1. The van der Waals surface area contributed by atoms with E-state index in [-0.39, 0.29) is 40.8 Å². The van der Waals surface area contributed by atoms with Gasteiger partial charge in [0.15, 0.2) is 8.32 Å². The molecule has 0 aliphatic rings. The Labute approximate surface area is 250 Å². The van der Waals surface area contributed by atoms with Crippen LogP contribution in [0.5, 0.6) is 5.75 Å². The van der Waals surface area contributed by atoms with E-state index in [2.05, 4.69) is 47.7 Å². The number of amides is 1. The summed E-state index contributed by atoms with van der Waals surface area (Å²) in [7, 11) is 1.38. The largest absolute Gasteiger partial charge is 0.497 e. The molecule has 0 saturated carbocycles. The van der Waals surface area contributed by atoms with Gasteiger partial charge in [-0.05, 0) is 60.7 Å². The van der Waals surface area contributed by atoms with Crippen LogP contribution in [0.1, 0.15) is 72.1 Å². The molecule has 0 saturated heterocycles. The molecule has 0 aliphatic heterocycles. The van der Waals surface area contributed by atoms with Gasteiger partial charge in [0.25, 0.3) is 0 Å². The molecule has 7 heteroatoms. The Kier molecular flexibility index (Phi) is 13.1. The number of methoxy groups -OCH3 is 1. The zero-order valence-corrected chi connectivity index (χ0v) is 28.3. The zero-order valence-electron chi connectivity index (χ0n) is 27.3. The van der Waals surface area contributed by atoms with Gasteiger partial charge in [-0.15, -0.1) is 0 Å². The fourth-order valence-electron chi connectivity index (χ4n) is 4.97. The summed E-state index contributed by atoms with van der Waals surface area (Å²) in [6, 6.07) is 17.1. The minimum atomic E-state index is -2.08. The van der Waals surface area contributed by atoms with Crippen LogP contribution < -0.4 is 4.74 Å². The van der Waals surface area contributed by atoms with Crippen LogP contribution >= 0.6 is 0 Å². The number of benzene rings is 2. The molecule has 41 heavy (non-hydrogen) atoms. The SMILES string of the molecule is COc1ccc(COC[C@H](C)[C@H](O[Si](C)(C)C(C)(C)C)[C@@H](C)C[C@H](C)C(=O)N(C)[C@H](C)[C@H](O)c2ccccc2)cc1. The van der Waals surface area contributed by atoms with E-state index in [0.717, 1.165) is 16.9 Å². The van der Waals surface area contributed by atoms with E-state index < -0.39 is 14.4 Å². The lowest BCUT2D eigenvalue weighted by Crippen LogP contribution is -2.48. The van der Waals surface area contributed by atoms with Gasteiger partial charge in [0.05, 0.1) is 38.6 Å². The molecule has 2 aromatic rings. The van der Waals surface area contributed by atoms with Gasteiger partial charge in [-0.2, -0.15) is 0 Å². The quantitative estimate of drug-likeness (QED) is 0.220. The van der Waals surface area contributed by atoms with E-state index in [4.69, 9.17) is 13.9 Å². The van der Waals surface area contributed by atoms with Crippen LogP contribution in [0.2, 0.25) is 18.1 Å². The van der Waals surface area contributed by atoms with Crippen LogP contribution in [-0.2, 0) is 20.6 Å². The first-order valence-electron chi connectivity index (χ1n) is 15.0. The molecular formula is C34H55NO5Si. The normalized spacial score (nSPS) is 16.8. The molecule has 1 N–H and O–H groups in total. The Balaban J connectivity index is 2.10. The Morgan fingerprint density at radius 2 is 1.54 bits per heavy atom. The van der Waals surface area contributed by atoms with Gasteiger partial charge in [0.2, 0.25) is 5.91 Å². The summed E-state index contributed by atoms with van der Waals surface area (Å²) in [5, 5.41) is 11.0. The third-order valence-electron chi connectivity index (χ3n) is 8.87. The number of hydrogen-bond acceptors (Lipinski definition) is 5. The van der Waals surface area contributed by atoms with E-state index in [1.807, 2.05) is 68.4 Å². The van der Waals surface area contributed by atoms with Crippen molar-refractivity contribution in [3.8, 4) is 5.75 Å². The first-order chi connectivity index (χ1) is 19.1. The van der Waals surface area contributed by atoms with Gasteiger partial charge in [-0.1, -0.05) is 84.0 Å². The van der Waals surface area contributed by atoms with Gasteiger partial charge >= 0.3 is 0 Å². The van der Waals surface area contributed by atoms with Crippen LogP contribution in [-0.4, -0.2) is 57.1 Å². The smallest absolute Gasteiger partial charge is 0.225 e. The maximum absolute atomic E-state index is 13.5. The molecule has 0 fully saturated rings. The summed E-state index contributed by atoms with van der Waals surface area (Å²) in [6.07, 6.45) is -0.0913. The van der Waals surface area contributed by atoms with Crippen molar-refractivity contribution in [2.45, 2.75) is 97.9 Å². The second kappa shape index (κ2) is 15.3. The molecule has 0 unspecified atom stereocenters. The number of likely N-dealkylation sites (N-methyl/N-ethyl adjacent to an activating group) is 1. The summed E-state index contributed by atoms with van der Waals surface area (Å²) in [6.45, 7) is 20.7. The predicted molar refractivity (Wildman–Crippen MR) is 170 cm³/mol. The maximum atomic E-state index is 13.5. The highest BCUT2D eigenvalue weighted by atomic mass is 28.4. The second-order valence-corrected chi connectivity index (χ2v) is 18.1. The number of ether oxygens (including phenoxy) is 2. The van der Waals surface area contributed by atoms with Crippen LogP contribution in [0.25, 0.3) is 0 Å². The Bertz CT molecular complexity index is 1050. The van der Waals surface area contributed by atoms with Gasteiger partial charge < -0.3 is 23.9 Å². The van der Waals surface area contributed by atoms with Crippen LogP contribution in [0.3, 0.4) is 0 Å².